The van der Waals surface area contributed by atoms with Crippen LogP contribution in [0, 0.1) is 0 Å². The maximum atomic E-state index is 2.38. The van der Waals surface area contributed by atoms with Crippen LogP contribution in [0.25, 0.3) is 0 Å². The van der Waals surface area contributed by atoms with E-state index in [-0.39, 0.29) is 0 Å². The van der Waals surface area contributed by atoms with Gasteiger partial charge in [-0.05, 0) is 76.3 Å². The Hall–Kier alpha value is -2.48. The van der Waals surface area contributed by atoms with E-state index >= 15 is 0 Å². The maximum absolute atomic E-state index is 2.38. The molecule has 1 aliphatic heterocycles. The number of aromatic nitrogens is 2. The van der Waals surface area contributed by atoms with Crippen molar-refractivity contribution in [2.24, 2.45) is 0 Å². The van der Waals surface area contributed by atoms with Crippen molar-refractivity contribution < 1.29 is 9.13 Å². The first kappa shape index (κ1) is 25.1. The SMILES string of the molecule is C1=C\CCCc2ccc[n+](c2)CC/C=C/CCCCCc2ccc[n+](c2)CC/C=C/CCC/1. The highest BCUT2D eigenvalue weighted by Gasteiger charge is 2.03. The molecule has 0 aromatic carbocycles. The Morgan fingerprint density at radius 3 is 1.55 bits per heavy atom. The molecular weight excluding hydrogens is 400 g/mol. The number of fused-ring (bicyclic) bond motifs is 4. The van der Waals surface area contributed by atoms with Crippen molar-refractivity contribution in [1.82, 2.24) is 0 Å². The predicted octanol–water partition coefficient (Wildman–Crippen LogP) is 7.02. The number of pyridine rings is 2. The fourth-order valence-electron chi connectivity index (χ4n) is 4.43. The molecule has 2 heteroatoms. The number of rotatable bonds is 0. The Bertz CT molecular complexity index is 878. The number of hydrogen-bond donors (Lipinski definition) is 0. The second-order valence-corrected chi connectivity index (χ2v) is 9.31. The van der Waals surface area contributed by atoms with Crippen molar-refractivity contribution in [1.29, 1.82) is 0 Å². The number of aryl methyl sites for hydroxylation is 4. The van der Waals surface area contributed by atoms with E-state index in [0.717, 1.165) is 25.9 Å². The van der Waals surface area contributed by atoms with Crippen LogP contribution in [0.5, 0.6) is 0 Å². The Morgan fingerprint density at radius 1 is 0.455 bits per heavy atom. The van der Waals surface area contributed by atoms with Crippen molar-refractivity contribution in [3.63, 3.8) is 0 Å². The van der Waals surface area contributed by atoms with E-state index in [2.05, 4.69) is 94.6 Å². The second kappa shape index (κ2) is 16.2. The van der Waals surface area contributed by atoms with Gasteiger partial charge in [-0.25, -0.2) is 9.13 Å². The van der Waals surface area contributed by atoms with Gasteiger partial charge in [0.25, 0.3) is 0 Å². The normalized spacial score (nSPS) is 20.8. The molecule has 4 bridgehead atoms. The van der Waals surface area contributed by atoms with Crippen molar-refractivity contribution in [2.75, 3.05) is 0 Å². The van der Waals surface area contributed by atoms with Gasteiger partial charge in [-0.3, -0.25) is 0 Å². The molecule has 0 unspecified atom stereocenters. The quantitative estimate of drug-likeness (QED) is 0.305. The molecule has 0 amide bonds. The molecule has 0 saturated carbocycles. The van der Waals surface area contributed by atoms with E-state index in [1.54, 1.807) is 0 Å². The molecule has 0 N–H and O–H groups in total. The summed E-state index contributed by atoms with van der Waals surface area (Å²) in [5.74, 6) is 0. The van der Waals surface area contributed by atoms with Gasteiger partial charge in [0, 0.05) is 36.1 Å². The third kappa shape index (κ3) is 11.3. The van der Waals surface area contributed by atoms with Crippen LogP contribution >= 0.6 is 0 Å². The molecule has 2 nitrogen and oxygen atoms in total. The Kier molecular flexibility index (Phi) is 12.3. The summed E-state index contributed by atoms with van der Waals surface area (Å²) in [5, 5.41) is 0. The molecule has 33 heavy (non-hydrogen) atoms. The molecule has 2 aromatic heterocycles. The molecule has 2 aromatic rings. The van der Waals surface area contributed by atoms with Gasteiger partial charge in [-0.1, -0.05) is 42.9 Å². The summed E-state index contributed by atoms with van der Waals surface area (Å²) in [6, 6.07) is 8.96. The molecule has 1 aliphatic rings. The highest BCUT2D eigenvalue weighted by Crippen LogP contribution is 2.08. The largest absolute Gasteiger partial charge is 0.205 e. The zero-order chi connectivity index (χ0) is 22.8. The molecule has 0 fully saturated rings. The van der Waals surface area contributed by atoms with Gasteiger partial charge >= 0.3 is 0 Å². The molecule has 0 aliphatic carbocycles. The summed E-state index contributed by atoms with van der Waals surface area (Å²) >= 11 is 0. The van der Waals surface area contributed by atoms with E-state index in [9.17, 15) is 0 Å². The van der Waals surface area contributed by atoms with E-state index in [1.165, 1.54) is 81.8 Å². The van der Waals surface area contributed by atoms with Gasteiger partial charge in [-0.2, -0.15) is 0 Å². The molecule has 3 heterocycles. The summed E-state index contributed by atoms with van der Waals surface area (Å²) in [4.78, 5) is 0. The van der Waals surface area contributed by atoms with E-state index in [1.807, 2.05) is 0 Å². The highest BCUT2D eigenvalue weighted by molar-refractivity contribution is 5.06. The summed E-state index contributed by atoms with van der Waals surface area (Å²) in [6.07, 6.45) is 39.1. The molecular formula is C31H44N2+2. The second-order valence-electron chi connectivity index (χ2n) is 9.31. The fraction of sp³-hybridized carbons (Fsp3) is 0.484. The van der Waals surface area contributed by atoms with Gasteiger partial charge in [0.15, 0.2) is 37.9 Å². The maximum Gasteiger partial charge on any atom is 0.171 e. The minimum atomic E-state index is 1.08. The third-order valence-electron chi connectivity index (χ3n) is 6.36. The van der Waals surface area contributed by atoms with Crippen LogP contribution in [0.15, 0.2) is 85.5 Å². The average molecular weight is 445 g/mol. The van der Waals surface area contributed by atoms with Crippen LogP contribution in [-0.4, -0.2) is 0 Å². The molecule has 0 radical (unpaired) electrons. The number of nitrogens with zero attached hydrogens (tertiary/aromatic N) is 2. The predicted molar refractivity (Wildman–Crippen MR) is 139 cm³/mol. The number of hydrogen-bond acceptors (Lipinski definition) is 0. The minimum absolute atomic E-state index is 1.08. The third-order valence-corrected chi connectivity index (χ3v) is 6.36. The van der Waals surface area contributed by atoms with Gasteiger partial charge < -0.3 is 0 Å². The lowest BCUT2D eigenvalue weighted by atomic mass is 10.1. The molecule has 0 saturated heterocycles. The van der Waals surface area contributed by atoms with Crippen LogP contribution in [0.2, 0.25) is 0 Å². The monoisotopic (exact) mass is 444 g/mol. The van der Waals surface area contributed by atoms with Gasteiger partial charge in [0.05, 0.1) is 0 Å². The molecule has 0 atom stereocenters. The van der Waals surface area contributed by atoms with Gasteiger partial charge in [0.2, 0.25) is 0 Å². The number of allylic oxidation sites excluding steroid dienone is 6. The topological polar surface area (TPSA) is 7.76 Å². The molecule has 3 rings (SSSR count). The van der Waals surface area contributed by atoms with Crippen LogP contribution in [0.3, 0.4) is 0 Å². The van der Waals surface area contributed by atoms with Crippen molar-refractivity contribution in [3.05, 3.63) is 96.6 Å². The lowest BCUT2D eigenvalue weighted by Crippen LogP contribution is -2.32. The Morgan fingerprint density at radius 2 is 0.939 bits per heavy atom. The standard InChI is InChI=1S/C31H44N2/c1-2-4-8-12-16-24-32-26-19-23-31(29-32)21-15-11-7-5-9-13-17-25-33-27-18-22-30(28-33)20-14-10-6-3-1/h3,6,8-9,12-13,18-19,22-23,26-29H,1-2,4-5,7,10-11,14-17,20-21,24-25H2/q+2/b6-3-,12-8+,13-9+. The minimum Gasteiger partial charge on any atom is -0.205 e. The first-order valence-electron chi connectivity index (χ1n) is 13.3. The lowest BCUT2D eigenvalue weighted by molar-refractivity contribution is -0.696. The zero-order valence-corrected chi connectivity index (χ0v) is 20.6. The van der Waals surface area contributed by atoms with E-state index in [0.29, 0.717) is 0 Å². The first-order valence-corrected chi connectivity index (χ1v) is 13.3. The summed E-state index contributed by atoms with van der Waals surface area (Å²) < 4.78 is 4.70. The van der Waals surface area contributed by atoms with Crippen LogP contribution in [0.1, 0.15) is 81.8 Å². The summed E-state index contributed by atoms with van der Waals surface area (Å²) in [5.41, 5.74) is 2.93. The van der Waals surface area contributed by atoms with Gasteiger partial charge in [-0.15, -0.1) is 0 Å². The van der Waals surface area contributed by atoms with Crippen molar-refractivity contribution in [2.45, 2.75) is 96.6 Å². The zero-order valence-electron chi connectivity index (χ0n) is 20.6. The molecule has 0 spiro atoms. The van der Waals surface area contributed by atoms with Crippen LogP contribution in [-0.2, 0) is 25.9 Å². The van der Waals surface area contributed by atoms with E-state index < -0.39 is 0 Å². The van der Waals surface area contributed by atoms with Crippen LogP contribution < -0.4 is 9.13 Å². The lowest BCUT2D eigenvalue weighted by Gasteiger charge is -2.01. The smallest absolute Gasteiger partial charge is 0.171 e. The summed E-state index contributed by atoms with van der Waals surface area (Å²) in [6.45, 7) is 2.16. The Balaban J connectivity index is 1.49. The Labute approximate surface area is 202 Å². The van der Waals surface area contributed by atoms with Crippen molar-refractivity contribution >= 4 is 0 Å². The van der Waals surface area contributed by atoms with E-state index in [4.69, 9.17) is 0 Å². The van der Waals surface area contributed by atoms with Gasteiger partial charge in [0.1, 0.15) is 0 Å². The van der Waals surface area contributed by atoms with Crippen molar-refractivity contribution in [3.8, 4) is 0 Å². The average Bonchev–Trinajstić information content (AvgIpc) is 2.84. The fourth-order valence-corrected chi connectivity index (χ4v) is 4.43. The van der Waals surface area contributed by atoms with Crippen LogP contribution in [0.4, 0.5) is 0 Å². The first-order chi connectivity index (χ1) is 16.4. The highest BCUT2D eigenvalue weighted by atomic mass is 14.9. The molecule has 176 valence electrons. The summed E-state index contributed by atoms with van der Waals surface area (Å²) in [7, 11) is 0.